The lowest BCUT2D eigenvalue weighted by Crippen LogP contribution is -2.28. The van der Waals surface area contributed by atoms with Crippen LogP contribution in [0.2, 0.25) is 0 Å². The van der Waals surface area contributed by atoms with E-state index in [-0.39, 0.29) is 5.69 Å². The zero-order valence-corrected chi connectivity index (χ0v) is 20.1. The second-order valence-corrected chi connectivity index (χ2v) is 8.62. The molecule has 0 spiro atoms. The Morgan fingerprint density at radius 1 is 0.970 bits per heavy atom. The Morgan fingerprint density at radius 2 is 1.55 bits per heavy atom. The molecule has 0 saturated heterocycles. The van der Waals surface area contributed by atoms with E-state index in [0.29, 0.717) is 34.1 Å². The minimum absolute atomic E-state index is 0.178. The largest absolute Gasteiger partial charge is 0.496 e. The molecule has 0 heterocycles. The number of ether oxygens (including phenoxy) is 4. The highest BCUT2D eigenvalue weighted by Crippen LogP contribution is 2.35. The van der Waals surface area contributed by atoms with Gasteiger partial charge in [-0.15, -0.1) is 0 Å². The predicted octanol–water partition coefficient (Wildman–Crippen LogP) is 2.82. The van der Waals surface area contributed by atoms with Crippen LogP contribution < -0.4 is 23.7 Å². The minimum atomic E-state index is -3.98. The van der Waals surface area contributed by atoms with E-state index in [0.717, 1.165) is 5.41 Å². The maximum atomic E-state index is 12.7. The molecule has 0 aliphatic rings. The second-order valence-electron chi connectivity index (χ2n) is 7.06. The fourth-order valence-corrected chi connectivity index (χ4v) is 4.04. The van der Waals surface area contributed by atoms with Crippen LogP contribution in [0.25, 0.3) is 6.08 Å². The number of hydrogen-bond donors (Lipinski definition) is 2. The number of benzene rings is 2. The van der Waals surface area contributed by atoms with E-state index in [2.05, 4.69) is 4.72 Å². The van der Waals surface area contributed by atoms with Crippen molar-refractivity contribution in [2.24, 2.45) is 0 Å². The van der Waals surface area contributed by atoms with Gasteiger partial charge in [0.2, 0.25) is 0 Å². The fraction of sp³-hybridized carbons (Fsp3) is 0.318. The van der Waals surface area contributed by atoms with Crippen molar-refractivity contribution in [3.05, 3.63) is 46.9 Å². The van der Waals surface area contributed by atoms with Crippen LogP contribution in [-0.2, 0) is 14.8 Å². The molecule has 0 amide bonds. The molecule has 1 unspecified atom stereocenters. The van der Waals surface area contributed by atoms with Crippen molar-refractivity contribution in [2.45, 2.75) is 6.04 Å². The molecule has 11 heteroatoms. The van der Waals surface area contributed by atoms with Crippen LogP contribution in [0, 0.1) is 0 Å². The maximum absolute atomic E-state index is 12.7. The molecule has 0 radical (unpaired) electrons. The van der Waals surface area contributed by atoms with Gasteiger partial charge in [-0.05, 0) is 38.4 Å². The van der Waals surface area contributed by atoms with Gasteiger partial charge in [0.05, 0.1) is 39.4 Å². The molecule has 0 saturated carbocycles. The summed E-state index contributed by atoms with van der Waals surface area (Å²) in [6, 6.07) is 6.59. The standard InChI is InChI=1S/C22H28N2O8S/c1-24(2)21(22(25)26)17-11-14(7-8-18(17)30-4)23-33(27,28)10-9-16-19(31-5)12-15(29-3)13-20(16)32-6/h7-13,21,23H,1-6H3,(H,25,26). The highest BCUT2D eigenvalue weighted by atomic mass is 32.2. The number of aliphatic carboxylic acids is 1. The summed E-state index contributed by atoms with van der Waals surface area (Å²) >= 11 is 0. The van der Waals surface area contributed by atoms with Crippen LogP contribution in [-0.4, -0.2) is 66.9 Å². The Kier molecular flexibility index (Phi) is 8.55. The first-order chi connectivity index (χ1) is 15.6. The first-order valence-electron chi connectivity index (χ1n) is 9.65. The third-order valence-corrected chi connectivity index (χ3v) is 5.72. The third kappa shape index (κ3) is 6.30. The van der Waals surface area contributed by atoms with E-state index < -0.39 is 22.0 Å². The minimum Gasteiger partial charge on any atom is -0.496 e. The van der Waals surface area contributed by atoms with Crippen molar-refractivity contribution >= 4 is 27.8 Å². The highest BCUT2D eigenvalue weighted by molar-refractivity contribution is 7.95. The van der Waals surface area contributed by atoms with Crippen molar-refractivity contribution in [1.82, 2.24) is 4.90 Å². The molecule has 0 aliphatic carbocycles. The van der Waals surface area contributed by atoms with E-state index >= 15 is 0 Å². The number of carboxylic acids is 1. The van der Waals surface area contributed by atoms with Gasteiger partial charge in [-0.25, -0.2) is 8.42 Å². The molecule has 0 bridgehead atoms. The number of sulfonamides is 1. The number of carboxylic acid groups (broad SMARTS) is 1. The van der Waals surface area contributed by atoms with Crippen LogP contribution in [0.3, 0.4) is 0 Å². The monoisotopic (exact) mass is 480 g/mol. The van der Waals surface area contributed by atoms with Gasteiger partial charge in [0.15, 0.2) is 0 Å². The van der Waals surface area contributed by atoms with Crippen molar-refractivity contribution in [2.75, 3.05) is 47.3 Å². The number of likely N-dealkylation sites (N-methyl/N-ethyl adjacent to an activating group) is 1. The SMILES string of the molecule is COc1cc(OC)c(C=CS(=O)(=O)Nc2ccc(OC)c(C(C(=O)O)N(C)C)c2)c(OC)c1. The summed E-state index contributed by atoms with van der Waals surface area (Å²) < 4.78 is 49.0. The average Bonchev–Trinajstić information content (AvgIpc) is 2.76. The van der Waals surface area contributed by atoms with Crippen LogP contribution >= 0.6 is 0 Å². The lowest BCUT2D eigenvalue weighted by molar-refractivity contribution is -0.142. The number of methoxy groups -OCH3 is 4. The number of nitrogens with zero attached hydrogens (tertiary/aromatic N) is 1. The molecule has 2 rings (SSSR count). The van der Waals surface area contributed by atoms with Crippen molar-refractivity contribution in [3.63, 3.8) is 0 Å². The molecule has 33 heavy (non-hydrogen) atoms. The van der Waals surface area contributed by atoms with Crippen molar-refractivity contribution in [3.8, 4) is 23.0 Å². The molecule has 10 nitrogen and oxygen atoms in total. The summed E-state index contributed by atoms with van der Waals surface area (Å²) in [6.45, 7) is 0. The number of hydrogen-bond acceptors (Lipinski definition) is 8. The lowest BCUT2D eigenvalue weighted by atomic mass is 10.0. The smallest absolute Gasteiger partial charge is 0.325 e. The van der Waals surface area contributed by atoms with E-state index in [1.807, 2.05) is 0 Å². The molecule has 2 aromatic rings. The molecular weight excluding hydrogens is 452 g/mol. The Labute approximate surface area is 193 Å². The van der Waals surface area contributed by atoms with Crippen LogP contribution in [0.1, 0.15) is 17.2 Å². The molecule has 2 N–H and O–H groups in total. The van der Waals surface area contributed by atoms with Gasteiger partial charge in [-0.3, -0.25) is 14.4 Å². The van der Waals surface area contributed by atoms with E-state index in [4.69, 9.17) is 18.9 Å². The molecule has 2 aromatic carbocycles. The Balaban J connectivity index is 2.42. The first kappa shape index (κ1) is 25.8. The summed E-state index contributed by atoms with van der Waals surface area (Å²) in [7, 11) is 5.03. The zero-order chi connectivity index (χ0) is 24.8. The van der Waals surface area contributed by atoms with Gasteiger partial charge >= 0.3 is 5.97 Å². The van der Waals surface area contributed by atoms with Gasteiger partial charge in [-0.1, -0.05) is 0 Å². The molecule has 0 aliphatic heterocycles. The fourth-order valence-electron chi connectivity index (χ4n) is 3.20. The van der Waals surface area contributed by atoms with Crippen molar-refractivity contribution < 1.29 is 37.3 Å². The highest BCUT2D eigenvalue weighted by Gasteiger charge is 2.26. The summed E-state index contributed by atoms with van der Waals surface area (Å²) in [5.41, 5.74) is 0.884. The Hall–Kier alpha value is -3.44. The third-order valence-electron chi connectivity index (χ3n) is 4.70. The number of anilines is 1. The zero-order valence-electron chi connectivity index (χ0n) is 19.3. The summed E-state index contributed by atoms with van der Waals surface area (Å²) in [6.07, 6.45) is 1.34. The molecule has 0 fully saturated rings. The summed E-state index contributed by atoms with van der Waals surface area (Å²) in [5, 5.41) is 10.6. The molecule has 180 valence electrons. The van der Waals surface area contributed by atoms with Crippen LogP contribution in [0.15, 0.2) is 35.7 Å². The van der Waals surface area contributed by atoms with Gasteiger partial charge in [0.1, 0.15) is 29.0 Å². The number of carbonyl (C=O) groups is 1. The first-order valence-corrected chi connectivity index (χ1v) is 11.2. The van der Waals surface area contributed by atoms with Gasteiger partial charge in [0.25, 0.3) is 10.0 Å². The number of nitrogens with one attached hydrogen (secondary N) is 1. The molecule has 0 aromatic heterocycles. The summed E-state index contributed by atoms with van der Waals surface area (Å²) in [5.74, 6) is 0.431. The molecular formula is C22H28N2O8S. The van der Waals surface area contributed by atoms with E-state index in [1.54, 1.807) is 26.2 Å². The number of rotatable bonds is 11. The lowest BCUT2D eigenvalue weighted by Gasteiger charge is -2.23. The normalized spacial score (nSPS) is 12.5. The van der Waals surface area contributed by atoms with E-state index in [1.165, 1.54) is 57.6 Å². The average molecular weight is 481 g/mol. The molecule has 1 atom stereocenters. The topological polar surface area (TPSA) is 124 Å². The van der Waals surface area contributed by atoms with Gasteiger partial charge in [0, 0.05) is 23.4 Å². The van der Waals surface area contributed by atoms with Crippen molar-refractivity contribution in [1.29, 1.82) is 0 Å². The summed E-state index contributed by atoms with van der Waals surface area (Å²) in [4.78, 5) is 13.2. The Bertz CT molecular complexity index is 1100. The predicted molar refractivity (Wildman–Crippen MR) is 125 cm³/mol. The maximum Gasteiger partial charge on any atom is 0.325 e. The second kappa shape index (κ2) is 10.9. The van der Waals surface area contributed by atoms with Crippen LogP contribution in [0.5, 0.6) is 23.0 Å². The Morgan fingerprint density at radius 3 is 2.00 bits per heavy atom. The quantitative estimate of drug-likeness (QED) is 0.500. The van der Waals surface area contributed by atoms with E-state index in [9.17, 15) is 18.3 Å². The van der Waals surface area contributed by atoms with Gasteiger partial charge in [-0.2, -0.15) is 0 Å². The van der Waals surface area contributed by atoms with Crippen LogP contribution in [0.4, 0.5) is 5.69 Å². The van der Waals surface area contributed by atoms with Gasteiger partial charge < -0.3 is 24.1 Å².